The van der Waals surface area contributed by atoms with Gasteiger partial charge in [0.05, 0.1) is 19.8 Å². The van der Waals surface area contributed by atoms with Gasteiger partial charge in [0.25, 0.3) is 0 Å². The number of hydrogen-bond acceptors (Lipinski definition) is 16. The standard InChI is InChI=1S/C20H35NO16/c1-5(25)21-9-17(37-20-15(31)12(28)10(26)6(2-22)35-20)11(27)7(3-23)34-19(9)36-16-8(4-24)33-18(32)14(30)13(16)29/h6-20,22-24,26-32H,2-4H2,1H3,(H,21,25)/t6-,7-,8-,9-,10+,11+,12+,13-,14-,15-,16+,17-,18?,19+,20+/m1/s1. The van der Waals surface area contributed by atoms with Crippen LogP contribution in [0.4, 0.5) is 0 Å². The monoisotopic (exact) mass is 545 g/mol. The highest BCUT2D eigenvalue weighted by Crippen LogP contribution is 2.32. The first-order valence-corrected chi connectivity index (χ1v) is 11.6. The van der Waals surface area contributed by atoms with Crippen molar-refractivity contribution in [1.29, 1.82) is 0 Å². The van der Waals surface area contributed by atoms with Crippen molar-refractivity contribution in [2.24, 2.45) is 0 Å². The van der Waals surface area contributed by atoms with Gasteiger partial charge in [-0.2, -0.15) is 0 Å². The van der Waals surface area contributed by atoms with Crippen LogP contribution in [0.25, 0.3) is 0 Å². The second-order valence-electron chi connectivity index (χ2n) is 9.07. The van der Waals surface area contributed by atoms with Crippen LogP contribution in [-0.4, -0.2) is 169 Å². The molecule has 3 saturated heterocycles. The van der Waals surface area contributed by atoms with E-state index in [4.69, 9.17) is 23.7 Å². The molecule has 0 aliphatic carbocycles. The maximum atomic E-state index is 12.0. The third-order valence-corrected chi connectivity index (χ3v) is 6.49. The van der Waals surface area contributed by atoms with Crippen LogP contribution in [0, 0.1) is 0 Å². The molecule has 3 aliphatic heterocycles. The molecule has 0 radical (unpaired) electrons. The Bertz CT molecular complexity index is 743. The molecule has 3 aliphatic rings. The minimum absolute atomic E-state index is 0.686. The lowest BCUT2D eigenvalue weighted by Crippen LogP contribution is -2.69. The summed E-state index contributed by atoms with van der Waals surface area (Å²) in [6, 6.07) is -1.46. The van der Waals surface area contributed by atoms with Crippen LogP contribution >= 0.6 is 0 Å². The normalized spacial score (nSPS) is 49.0. The van der Waals surface area contributed by atoms with Gasteiger partial charge in [0.2, 0.25) is 5.91 Å². The number of aliphatic hydroxyl groups excluding tert-OH is 10. The molecule has 0 aromatic carbocycles. The zero-order valence-corrected chi connectivity index (χ0v) is 19.7. The van der Waals surface area contributed by atoms with Gasteiger partial charge in [0, 0.05) is 6.92 Å². The minimum Gasteiger partial charge on any atom is -0.394 e. The first-order chi connectivity index (χ1) is 17.4. The topological polar surface area (TPSA) is 278 Å². The lowest BCUT2D eigenvalue weighted by atomic mass is 9.94. The Morgan fingerprint density at radius 3 is 1.76 bits per heavy atom. The molecule has 1 amide bonds. The van der Waals surface area contributed by atoms with Gasteiger partial charge in [-0.15, -0.1) is 0 Å². The molecule has 15 atom stereocenters. The van der Waals surface area contributed by atoms with E-state index >= 15 is 0 Å². The Labute approximate surface area is 210 Å². The lowest BCUT2D eigenvalue weighted by molar-refractivity contribution is -0.363. The van der Waals surface area contributed by atoms with Gasteiger partial charge >= 0.3 is 0 Å². The molecular weight excluding hydrogens is 510 g/mol. The molecule has 1 unspecified atom stereocenters. The molecule has 3 rings (SSSR count). The van der Waals surface area contributed by atoms with Crippen LogP contribution in [-0.2, 0) is 28.5 Å². The number of aliphatic hydroxyl groups is 10. The molecule has 3 heterocycles. The Kier molecular flexibility index (Phi) is 10.5. The summed E-state index contributed by atoms with van der Waals surface area (Å²) in [7, 11) is 0. The summed E-state index contributed by atoms with van der Waals surface area (Å²) < 4.78 is 27.3. The van der Waals surface area contributed by atoms with E-state index in [9.17, 15) is 55.9 Å². The van der Waals surface area contributed by atoms with Gasteiger partial charge in [0.1, 0.15) is 73.2 Å². The minimum atomic E-state index is -1.87. The fourth-order valence-corrected chi connectivity index (χ4v) is 4.46. The molecule has 0 aromatic heterocycles. The Morgan fingerprint density at radius 2 is 1.19 bits per heavy atom. The first-order valence-electron chi connectivity index (χ1n) is 11.6. The number of ether oxygens (including phenoxy) is 5. The van der Waals surface area contributed by atoms with E-state index in [1.807, 2.05) is 0 Å². The van der Waals surface area contributed by atoms with Crippen molar-refractivity contribution in [2.75, 3.05) is 19.8 Å². The largest absolute Gasteiger partial charge is 0.394 e. The van der Waals surface area contributed by atoms with Crippen LogP contribution < -0.4 is 5.32 Å². The van der Waals surface area contributed by atoms with Crippen molar-refractivity contribution < 1.29 is 79.5 Å². The van der Waals surface area contributed by atoms with Gasteiger partial charge < -0.3 is 80.1 Å². The zero-order chi connectivity index (χ0) is 27.6. The number of carbonyl (C=O) groups is 1. The van der Waals surface area contributed by atoms with Crippen molar-refractivity contribution in [3.63, 3.8) is 0 Å². The van der Waals surface area contributed by atoms with E-state index < -0.39 is 118 Å². The van der Waals surface area contributed by atoms with Crippen LogP contribution in [0.3, 0.4) is 0 Å². The highest BCUT2D eigenvalue weighted by Gasteiger charge is 2.54. The molecular formula is C20H35NO16. The number of carbonyl (C=O) groups excluding carboxylic acids is 1. The Morgan fingerprint density at radius 1 is 0.649 bits per heavy atom. The SMILES string of the molecule is CC(=O)N[C@H]1[C@H](O[C@@H]2[C@H](O)[C@@H](O)C(O)O[C@@H]2CO)O[C@H](CO)[C@H](O)[C@@H]1O[C@@H]1O[C@H](CO)[C@H](O)[C@H](O)[C@H]1O. The van der Waals surface area contributed by atoms with Crippen molar-refractivity contribution >= 4 is 5.91 Å². The van der Waals surface area contributed by atoms with Gasteiger partial charge in [-0.25, -0.2) is 0 Å². The van der Waals surface area contributed by atoms with Crippen LogP contribution in [0.2, 0.25) is 0 Å². The molecule has 0 aromatic rings. The maximum Gasteiger partial charge on any atom is 0.217 e. The van der Waals surface area contributed by atoms with E-state index in [0.29, 0.717) is 0 Å². The first kappa shape index (κ1) is 30.4. The van der Waals surface area contributed by atoms with Gasteiger partial charge in [-0.3, -0.25) is 4.79 Å². The average molecular weight is 545 g/mol. The summed E-state index contributed by atoms with van der Waals surface area (Å²) >= 11 is 0. The van der Waals surface area contributed by atoms with Crippen LogP contribution in [0.5, 0.6) is 0 Å². The zero-order valence-electron chi connectivity index (χ0n) is 19.7. The third-order valence-electron chi connectivity index (χ3n) is 6.49. The van der Waals surface area contributed by atoms with E-state index in [1.54, 1.807) is 0 Å². The Balaban J connectivity index is 1.90. The van der Waals surface area contributed by atoms with E-state index in [-0.39, 0.29) is 0 Å². The van der Waals surface area contributed by atoms with E-state index in [1.165, 1.54) is 0 Å². The molecule has 0 spiro atoms. The molecule has 17 nitrogen and oxygen atoms in total. The summed E-state index contributed by atoms with van der Waals surface area (Å²) in [5, 5.41) is 103. The van der Waals surface area contributed by atoms with Crippen molar-refractivity contribution in [3.05, 3.63) is 0 Å². The average Bonchev–Trinajstić information content (AvgIpc) is 2.87. The number of rotatable bonds is 8. The van der Waals surface area contributed by atoms with E-state index in [2.05, 4.69) is 5.32 Å². The highest BCUT2D eigenvalue weighted by atomic mass is 16.7. The molecule has 0 saturated carbocycles. The van der Waals surface area contributed by atoms with Crippen LogP contribution in [0.15, 0.2) is 0 Å². The van der Waals surface area contributed by atoms with Gasteiger partial charge in [-0.05, 0) is 0 Å². The molecule has 0 bridgehead atoms. The summed E-state index contributed by atoms with van der Waals surface area (Å²) in [6.07, 6.45) is -23.3. The predicted molar refractivity (Wildman–Crippen MR) is 113 cm³/mol. The van der Waals surface area contributed by atoms with Gasteiger partial charge in [0.15, 0.2) is 18.9 Å². The number of hydrogen-bond donors (Lipinski definition) is 11. The van der Waals surface area contributed by atoms with Crippen LogP contribution in [0.1, 0.15) is 6.92 Å². The smallest absolute Gasteiger partial charge is 0.217 e. The molecule has 37 heavy (non-hydrogen) atoms. The van der Waals surface area contributed by atoms with Crippen molar-refractivity contribution in [2.45, 2.75) is 99.0 Å². The predicted octanol–water partition coefficient (Wildman–Crippen LogP) is -7.43. The molecule has 3 fully saturated rings. The second kappa shape index (κ2) is 12.8. The van der Waals surface area contributed by atoms with Gasteiger partial charge in [-0.1, -0.05) is 0 Å². The summed E-state index contributed by atoms with van der Waals surface area (Å²) in [6.45, 7) is -1.25. The highest BCUT2D eigenvalue weighted by molar-refractivity contribution is 5.73. The maximum absolute atomic E-state index is 12.0. The van der Waals surface area contributed by atoms with Crippen molar-refractivity contribution in [3.8, 4) is 0 Å². The molecule has 11 N–H and O–H groups in total. The lowest BCUT2D eigenvalue weighted by Gasteiger charge is -2.49. The fourth-order valence-electron chi connectivity index (χ4n) is 4.46. The molecule has 216 valence electrons. The fraction of sp³-hybridized carbons (Fsp3) is 0.950. The molecule has 17 heteroatoms. The number of nitrogens with one attached hydrogen (secondary N) is 1. The quantitative estimate of drug-likeness (QED) is 0.135. The summed E-state index contributed by atoms with van der Waals surface area (Å²) in [5.41, 5.74) is 0. The van der Waals surface area contributed by atoms with E-state index in [0.717, 1.165) is 6.92 Å². The second-order valence-corrected chi connectivity index (χ2v) is 9.07. The summed E-state index contributed by atoms with van der Waals surface area (Å²) in [5.74, 6) is -0.686. The van der Waals surface area contributed by atoms with Crippen molar-refractivity contribution in [1.82, 2.24) is 5.32 Å². The summed E-state index contributed by atoms with van der Waals surface area (Å²) in [4.78, 5) is 12.0. The number of amides is 1. The third kappa shape index (κ3) is 6.38. The Hall–Kier alpha value is -1.13.